The maximum atomic E-state index is 14.5. The van der Waals surface area contributed by atoms with Crippen molar-refractivity contribution in [3.05, 3.63) is 65.5 Å². The first-order valence-electron chi connectivity index (χ1n) is 18.2. The molecule has 17 heteroatoms. The largest absolute Gasteiger partial charge is 0.433 e. The van der Waals surface area contributed by atoms with E-state index in [1.54, 1.807) is 33.5 Å². The van der Waals surface area contributed by atoms with E-state index in [0.29, 0.717) is 48.8 Å². The van der Waals surface area contributed by atoms with Gasteiger partial charge in [-0.3, -0.25) is 24.4 Å². The number of carbonyl (C=O) groups is 3. The number of anilines is 1. The van der Waals surface area contributed by atoms with Crippen molar-refractivity contribution >= 4 is 34.3 Å². The number of ether oxygens (including phenoxy) is 2. The molecule has 3 aliphatic rings. The Morgan fingerprint density at radius 1 is 1.04 bits per heavy atom. The number of methoxy groups -OCH3 is 2. The second-order valence-corrected chi connectivity index (χ2v) is 14.7. The van der Waals surface area contributed by atoms with E-state index in [4.69, 9.17) is 9.47 Å². The van der Waals surface area contributed by atoms with Crippen LogP contribution in [0.2, 0.25) is 0 Å². The van der Waals surface area contributed by atoms with E-state index in [-0.39, 0.29) is 49.0 Å². The van der Waals surface area contributed by atoms with Crippen molar-refractivity contribution in [3.63, 3.8) is 0 Å². The maximum Gasteiger partial charge on any atom is 0.433 e. The number of carbonyl (C=O) groups excluding carboxylic acids is 3. The number of hydrogen-bond donors (Lipinski definition) is 3. The Hall–Kier alpha value is -4.84. The predicted molar refractivity (Wildman–Crippen MR) is 193 cm³/mol. The molecule has 2 amide bonds. The number of aromatic nitrogens is 5. The first kappa shape index (κ1) is 38.4. The fraction of sp³-hybridized carbons (Fsp3) is 0.500. The first-order chi connectivity index (χ1) is 26.2. The van der Waals surface area contributed by atoms with Gasteiger partial charge in [0.05, 0.1) is 17.7 Å². The monoisotopic (exact) mass is 764 g/mol. The molecule has 5 heterocycles. The molecule has 4 aromatic rings. The van der Waals surface area contributed by atoms with E-state index in [1.807, 2.05) is 12.1 Å². The Morgan fingerprint density at radius 3 is 2.45 bits per heavy atom. The van der Waals surface area contributed by atoms with E-state index < -0.39 is 47.4 Å². The van der Waals surface area contributed by atoms with Crippen molar-refractivity contribution in [1.82, 2.24) is 34.9 Å². The Kier molecular flexibility index (Phi) is 10.5. The SMILES string of the molecule is COC1CCc2cc(-c3cnc(C)nc3)cc3c(C(C)=O)nn(c23)CC(=O)N2[C@H](C(=O)Nc3cccc(C(F)(F)F)n3)C[C@@]3(CNC(O)CCC1OC)C[C@@H]23. The molecule has 14 nitrogen and oxygen atoms in total. The molecular weight excluding hydrogens is 721 g/mol. The molecule has 55 heavy (non-hydrogen) atoms. The van der Waals surface area contributed by atoms with Gasteiger partial charge in [-0.1, -0.05) is 6.07 Å². The third-order valence-electron chi connectivity index (χ3n) is 11.1. The third kappa shape index (κ3) is 7.70. The number of ketones is 1. The Bertz CT molecular complexity index is 2110. The molecule has 3 N–H and O–H groups in total. The van der Waals surface area contributed by atoms with Crippen molar-refractivity contribution in [1.29, 1.82) is 0 Å². The fourth-order valence-corrected chi connectivity index (χ4v) is 8.18. The van der Waals surface area contributed by atoms with Gasteiger partial charge in [-0.25, -0.2) is 15.0 Å². The van der Waals surface area contributed by atoms with E-state index in [2.05, 4.69) is 30.7 Å². The Balaban J connectivity index is 1.30. The van der Waals surface area contributed by atoms with Crippen LogP contribution in [0.3, 0.4) is 0 Å². The summed E-state index contributed by atoms with van der Waals surface area (Å²) < 4.78 is 53.6. The van der Waals surface area contributed by atoms with Gasteiger partial charge in [0.15, 0.2) is 5.78 Å². The van der Waals surface area contributed by atoms with Gasteiger partial charge in [-0.15, -0.1) is 0 Å². The zero-order chi connectivity index (χ0) is 39.2. The molecule has 1 saturated carbocycles. The third-order valence-corrected chi connectivity index (χ3v) is 11.1. The first-order valence-corrected chi connectivity index (χ1v) is 18.2. The van der Waals surface area contributed by atoms with Crippen molar-refractivity contribution in [2.24, 2.45) is 5.41 Å². The number of alkyl halides is 3. The summed E-state index contributed by atoms with van der Waals surface area (Å²) in [6, 6.07) is 5.55. The highest BCUT2D eigenvalue weighted by molar-refractivity contribution is 6.07. The number of halogens is 3. The molecule has 0 radical (unpaired) electrons. The van der Waals surface area contributed by atoms with Gasteiger partial charge in [0.1, 0.15) is 41.8 Å². The summed E-state index contributed by atoms with van der Waals surface area (Å²) in [4.78, 5) is 55.3. The number of nitrogens with zero attached hydrogens (tertiary/aromatic N) is 6. The minimum absolute atomic E-state index is 0.164. The van der Waals surface area contributed by atoms with E-state index in [1.165, 1.54) is 22.6 Å². The van der Waals surface area contributed by atoms with E-state index >= 15 is 0 Å². The van der Waals surface area contributed by atoms with Crippen LogP contribution in [0.25, 0.3) is 22.0 Å². The number of aliphatic hydroxyl groups is 1. The molecule has 2 aliphatic heterocycles. The molecule has 7 rings (SSSR count). The van der Waals surface area contributed by atoms with Gasteiger partial charge in [0, 0.05) is 62.5 Å². The zero-order valence-electron chi connectivity index (χ0n) is 30.9. The summed E-state index contributed by atoms with van der Waals surface area (Å²) in [5.41, 5.74) is 1.23. The van der Waals surface area contributed by atoms with E-state index in [9.17, 15) is 32.7 Å². The lowest BCUT2D eigenvalue weighted by Gasteiger charge is -2.27. The molecule has 1 aliphatic carbocycles. The van der Waals surface area contributed by atoms with Crippen LogP contribution in [-0.4, -0.2) is 104 Å². The summed E-state index contributed by atoms with van der Waals surface area (Å²) in [5, 5.41) is 21.9. The van der Waals surface area contributed by atoms with Gasteiger partial charge in [-0.05, 0) is 80.8 Å². The summed E-state index contributed by atoms with van der Waals surface area (Å²) >= 11 is 0. The summed E-state index contributed by atoms with van der Waals surface area (Å²) in [7, 11) is 3.20. The molecular formula is C38H43F3N8O6. The highest BCUT2D eigenvalue weighted by Gasteiger charge is 2.67. The highest BCUT2D eigenvalue weighted by atomic mass is 19.4. The maximum absolute atomic E-state index is 14.5. The average Bonchev–Trinajstić information content (AvgIpc) is 3.56. The van der Waals surface area contributed by atoms with Gasteiger partial charge in [0.2, 0.25) is 11.8 Å². The molecule has 0 spiro atoms. The number of aryl methyl sites for hydroxylation is 2. The predicted octanol–water partition coefficient (Wildman–Crippen LogP) is 4.08. The number of piperidine rings is 1. The van der Waals surface area contributed by atoms with Crippen LogP contribution >= 0.6 is 0 Å². The van der Waals surface area contributed by atoms with Crippen LogP contribution in [0, 0.1) is 12.3 Å². The highest BCUT2D eigenvalue weighted by Crippen LogP contribution is 2.59. The van der Waals surface area contributed by atoms with Gasteiger partial charge in [-0.2, -0.15) is 18.3 Å². The topological polar surface area (TPSA) is 174 Å². The molecule has 2 bridgehead atoms. The second kappa shape index (κ2) is 15.0. The molecule has 292 valence electrons. The lowest BCUT2D eigenvalue weighted by atomic mass is 9.95. The van der Waals surface area contributed by atoms with Crippen LogP contribution in [0.15, 0.2) is 42.7 Å². The van der Waals surface area contributed by atoms with Crippen molar-refractivity contribution in [2.75, 3.05) is 26.1 Å². The molecule has 2 fully saturated rings. The van der Waals surface area contributed by atoms with Crippen molar-refractivity contribution < 1.29 is 42.1 Å². The molecule has 1 saturated heterocycles. The molecule has 3 unspecified atom stereocenters. The molecule has 1 aromatic carbocycles. The molecule has 6 atom stereocenters. The quantitative estimate of drug-likeness (QED) is 0.242. The minimum Gasteiger partial charge on any atom is -0.379 e. The Labute approximate surface area is 314 Å². The number of hydrogen-bond acceptors (Lipinski definition) is 11. The van der Waals surface area contributed by atoms with Crippen molar-refractivity contribution in [3.8, 4) is 11.1 Å². The number of amides is 2. The fourth-order valence-electron chi connectivity index (χ4n) is 8.18. The van der Waals surface area contributed by atoms with Crippen LogP contribution in [0.5, 0.6) is 0 Å². The van der Waals surface area contributed by atoms with E-state index in [0.717, 1.165) is 28.8 Å². The summed E-state index contributed by atoms with van der Waals surface area (Å²) in [6.07, 6.45) is -0.530. The summed E-state index contributed by atoms with van der Waals surface area (Å²) in [6.45, 7) is 3.14. The van der Waals surface area contributed by atoms with Gasteiger partial charge in [0.25, 0.3) is 0 Å². The van der Waals surface area contributed by atoms with Crippen LogP contribution in [0.1, 0.15) is 66.6 Å². The number of aliphatic hydroxyl groups excluding tert-OH is 1. The summed E-state index contributed by atoms with van der Waals surface area (Å²) in [5.74, 6) is -1.15. The lowest BCUT2D eigenvalue weighted by molar-refractivity contribution is -0.141. The average molecular weight is 765 g/mol. The van der Waals surface area contributed by atoms with Gasteiger partial charge < -0.3 is 24.8 Å². The number of pyridine rings is 1. The molecule has 3 aromatic heterocycles. The zero-order valence-corrected chi connectivity index (χ0v) is 30.9. The van der Waals surface area contributed by atoms with Crippen molar-refractivity contribution in [2.45, 2.75) is 95.6 Å². The lowest BCUT2D eigenvalue weighted by Crippen LogP contribution is -2.47. The van der Waals surface area contributed by atoms with Crippen LogP contribution in [0.4, 0.5) is 19.0 Å². The Morgan fingerprint density at radius 2 is 1.76 bits per heavy atom. The number of nitrogens with one attached hydrogen (secondary N) is 2. The smallest absolute Gasteiger partial charge is 0.379 e. The van der Waals surface area contributed by atoms with Gasteiger partial charge >= 0.3 is 6.18 Å². The second-order valence-electron chi connectivity index (χ2n) is 14.7. The number of rotatable bonds is 6. The van der Waals surface area contributed by atoms with Crippen LogP contribution in [-0.2, 0) is 38.2 Å². The normalized spacial score (nSPS) is 26.1. The van der Waals surface area contributed by atoms with Crippen LogP contribution < -0.4 is 10.6 Å². The standard InChI is InChI=1S/C38H43F3N8O6/c1-20(50)34-25-13-23(24-16-42-21(2)43-17-24)12-22-8-9-27(54-3)28(55-4)10-11-32(51)44-19-37-14-26(36(53)46-31-7-5-6-29(45-31)38(39,40)41)49(30(37)15-37)33(52)18-48(47-34)35(22)25/h5-7,12-13,16-17,26-28,30,32,44,51H,8-11,14-15,18-19H2,1-4H3,(H,45,46,53)/t26-,27?,28?,30+,32?,37-/m0/s1. The number of Topliss-reactive ketones (excluding diaryl/α,β-unsaturated/α-hetero) is 1. The number of benzene rings is 1. The minimum atomic E-state index is -4.72.